The number of piperazine rings is 1. The lowest BCUT2D eigenvalue weighted by Gasteiger charge is -2.32. The predicted molar refractivity (Wildman–Crippen MR) is 102 cm³/mol. The van der Waals surface area contributed by atoms with Crippen molar-refractivity contribution < 1.29 is 9.90 Å². The maximum atomic E-state index is 11.9. The molecule has 7 nitrogen and oxygen atoms in total. The number of rotatable bonds is 5. The number of halogens is 2. The minimum absolute atomic E-state index is 0.0534. The number of aliphatic hydroxyl groups is 1. The molecule has 1 aliphatic heterocycles. The van der Waals surface area contributed by atoms with Gasteiger partial charge in [0.05, 0.1) is 12.6 Å². The van der Waals surface area contributed by atoms with E-state index in [1.807, 2.05) is 4.90 Å². The van der Waals surface area contributed by atoms with Crippen LogP contribution in [0.4, 0.5) is 11.6 Å². The first-order chi connectivity index (χ1) is 12.4. The van der Waals surface area contributed by atoms with Gasteiger partial charge in [0.25, 0.3) is 0 Å². The molecule has 0 spiro atoms. The number of likely N-dealkylation sites (N-methyl/N-ethyl adjacent to an activating group) is 1. The highest BCUT2D eigenvalue weighted by Gasteiger charge is 2.22. The van der Waals surface area contributed by atoms with Crippen LogP contribution in [0.1, 0.15) is 11.7 Å². The number of carbonyl (C=O) groups is 1. The molecule has 2 aromatic rings. The summed E-state index contributed by atoms with van der Waals surface area (Å²) in [6.45, 7) is 1.88. The van der Waals surface area contributed by atoms with Crippen LogP contribution in [0.5, 0.6) is 0 Å². The smallest absolute Gasteiger partial charge is 0.241 e. The average molecular weight is 396 g/mol. The second kappa shape index (κ2) is 8.07. The van der Waals surface area contributed by atoms with Gasteiger partial charge in [-0.15, -0.1) is 0 Å². The molecule has 1 saturated heterocycles. The molecule has 26 heavy (non-hydrogen) atoms. The molecule has 1 amide bonds. The van der Waals surface area contributed by atoms with Crippen molar-refractivity contribution in [2.75, 3.05) is 43.4 Å². The van der Waals surface area contributed by atoms with Gasteiger partial charge >= 0.3 is 0 Å². The number of carbonyl (C=O) groups excluding carboxylic acids is 1. The van der Waals surface area contributed by atoms with E-state index in [4.69, 9.17) is 23.2 Å². The van der Waals surface area contributed by atoms with Crippen LogP contribution in [0.3, 0.4) is 0 Å². The molecular formula is C17H19Cl2N5O2. The number of nitrogens with one attached hydrogen (secondary N) is 1. The Labute approximate surface area is 161 Å². The molecule has 1 aliphatic rings. The van der Waals surface area contributed by atoms with Crippen LogP contribution in [0.15, 0.2) is 30.6 Å². The number of nitrogens with zero attached hydrogens (tertiary/aromatic N) is 4. The first-order valence-corrected chi connectivity index (χ1v) is 8.87. The Balaban J connectivity index is 1.64. The highest BCUT2D eigenvalue weighted by atomic mass is 35.5. The Morgan fingerprint density at radius 2 is 1.92 bits per heavy atom. The van der Waals surface area contributed by atoms with Gasteiger partial charge in [0.1, 0.15) is 18.0 Å². The predicted octanol–water partition coefficient (Wildman–Crippen LogP) is 2.21. The van der Waals surface area contributed by atoms with E-state index < -0.39 is 6.10 Å². The number of hydrogen-bond acceptors (Lipinski definition) is 6. The Kier molecular flexibility index (Phi) is 5.80. The van der Waals surface area contributed by atoms with Gasteiger partial charge in [-0.1, -0.05) is 23.2 Å². The summed E-state index contributed by atoms with van der Waals surface area (Å²) in [5.41, 5.74) is 0.619. The van der Waals surface area contributed by atoms with Gasteiger partial charge in [-0.25, -0.2) is 9.97 Å². The van der Waals surface area contributed by atoms with Crippen LogP contribution in [0.2, 0.25) is 10.0 Å². The molecule has 1 atom stereocenters. The normalized spacial score (nSPS) is 15.9. The number of benzene rings is 1. The highest BCUT2D eigenvalue weighted by Crippen LogP contribution is 2.24. The van der Waals surface area contributed by atoms with E-state index in [0.717, 1.165) is 0 Å². The van der Waals surface area contributed by atoms with Gasteiger partial charge in [0, 0.05) is 42.8 Å². The maximum Gasteiger partial charge on any atom is 0.241 e. The zero-order chi connectivity index (χ0) is 18.7. The molecule has 0 saturated carbocycles. The van der Waals surface area contributed by atoms with E-state index in [1.54, 1.807) is 36.2 Å². The molecule has 1 unspecified atom stereocenters. The topological polar surface area (TPSA) is 81.6 Å². The van der Waals surface area contributed by atoms with Crippen molar-refractivity contribution in [2.45, 2.75) is 6.10 Å². The van der Waals surface area contributed by atoms with Crippen molar-refractivity contribution in [1.29, 1.82) is 0 Å². The second-order valence-corrected chi connectivity index (χ2v) is 6.97. The summed E-state index contributed by atoms with van der Waals surface area (Å²) < 4.78 is 0. The van der Waals surface area contributed by atoms with E-state index >= 15 is 0 Å². The van der Waals surface area contributed by atoms with Crippen molar-refractivity contribution in [3.63, 3.8) is 0 Å². The number of anilines is 2. The molecule has 1 fully saturated rings. The molecule has 1 aromatic heterocycles. The van der Waals surface area contributed by atoms with Gasteiger partial charge in [0.2, 0.25) is 5.91 Å². The number of aromatic nitrogens is 2. The Morgan fingerprint density at radius 1 is 1.19 bits per heavy atom. The van der Waals surface area contributed by atoms with E-state index in [2.05, 4.69) is 15.3 Å². The van der Waals surface area contributed by atoms with Crippen molar-refractivity contribution in [2.24, 2.45) is 0 Å². The molecule has 0 radical (unpaired) electrons. The van der Waals surface area contributed by atoms with E-state index in [1.165, 1.54) is 6.33 Å². The Hall–Kier alpha value is -2.09. The minimum Gasteiger partial charge on any atom is -0.387 e. The van der Waals surface area contributed by atoms with Crippen molar-refractivity contribution >= 4 is 40.7 Å². The largest absolute Gasteiger partial charge is 0.387 e. The average Bonchev–Trinajstić information content (AvgIpc) is 2.61. The zero-order valence-electron chi connectivity index (χ0n) is 14.2. The summed E-state index contributed by atoms with van der Waals surface area (Å²) >= 11 is 11.9. The third-order valence-corrected chi connectivity index (χ3v) is 4.62. The molecule has 9 heteroatoms. The van der Waals surface area contributed by atoms with Crippen LogP contribution in [0.25, 0.3) is 0 Å². The molecule has 0 bridgehead atoms. The molecule has 138 valence electrons. The van der Waals surface area contributed by atoms with E-state index in [9.17, 15) is 9.90 Å². The lowest BCUT2D eigenvalue weighted by Crippen LogP contribution is -2.48. The minimum atomic E-state index is -0.796. The molecular weight excluding hydrogens is 377 g/mol. The van der Waals surface area contributed by atoms with Crippen LogP contribution >= 0.6 is 23.2 Å². The Bertz CT molecular complexity index is 784. The molecule has 1 aromatic carbocycles. The maximum absolute atomic E-state index is 11.9. The summed E-state index contributed by atoms with van der Waals surface area (Å²) in [6.07, 6.45) is 0.637. The third-order valence-electron chi connectivity index (χ3n) is 4.18. The van der Waals surface area contributed by atoms with Gasteiger partial charge < -0.3 is 20.2 Å². The lowest BCUT2D eigenvalue weighted by molar-refractivity contribution is -0.129. The fraction of sp³-hybridized carbons (Fsp3) is 0.353. The zero-order valence-corrected chi connectivity index (χ0v) is 15.7. The number of hydrogen-bond donors (Lipinski definition) is 2. The summed E-state index contributed by atoms with van der Waals surface area (Å²) in [4.78, 5) is 23.9. The van der Waals surface area contributed by atoms with Crippen LogP contribution in [0, 0.1) is 0 Å². The number of aliphatic hydroxyl groups excluding tert-OH is 1. The summed E-state index contributed by atoms with van der Waals surface area (Å²) in [5.74, 6) is 1.29. The van der Waals surface area contributed by atoms with E-state index in [-0.39, 0.29) is 19.0 Å². The quantitative estimate of drug-likeness (QED) is 0.807. The summed E-state index contributed by atoms with van der Waals surface area (Å²) in [5, 5.41) is 14.3. The first-order valence-electron chi connectivity index (χ1n) is 8.11. The lowest BCUT2D eigenvalue weighted by atomic mass is 10.1. The first kappa shape index (κ1) is 18.7. The monoisotopic (exact) mass is 395 g/mol. The third kappa shape index (κ3) is 4.55. The SMILES string of the molecule is CN1CCN(c2cc(NCC(O)c3cc(Cl)cc(Cl)c3)ncn2)CC1=O. The molecule has 2 heterocycles. The Morgan fingerprint density at radius 3 is 2.62 bits per heavy atom. The van der Waals surface area contributed by atoms with Crippen LogP contribution < -0.4 is 10.2 Å². The fourth-order valence-corrected chi connectivity index (χ4v) is 3.20. The van der Waals surface area contributed by atoms with Gasteiger partial charge in [-0.3, -0.25) is 4.79 Å². The van der Waals surface area contributed by atoms with Crippen molar-refractivity contribution in [3.05, 3.63) is 46.2 Å². The van der Waals surface area contributed by atoms with Crippen molar-refractivity contribution in [3.8, 4) is 0 Å². The van der Waals surface area contributed by atoms with Gasteiger partial charge in [-0.2, -0.15) is 0 Å². The van der Waals surface area contributed by atoms with E-state index in [0.29, 0.717) is 40.3 Å². The highest BCUT2D eigenvalue weighted by molar-refractivity contribution is 6.34. The summed E-state index contributed by atoms with van der Waals surface area (Å²) in [6, 6.07) is 6.71. The summed E-state index contributed by atoms with van der Waals surface area (Å²) in [7, 11) is 1.79. The number of amides is 1. The second-order valence-electron chi connectivity index (χ2n) is 6.10. The molecule has 0 aliphatic carbocycles. The van der Waals surface area contributed by atoms with Crippen molar-refractivity contribution in [1.82, 2.24) is 14.9 Å². The molecule has 2 N–H and O–H groups in total. The standard InChI is InChI=1S/C17H19Cl2N5O2/c1-23-2-3-24(9-17(23)26)16-7-15(21-10-22-16)20-8-14(25)11-4-12(18)6-13(19)5-11/h4-7,10,14,25H,2-3,8-9H2,1H3,(H,20,21,22). The fourth-order valence-electron chi connectivity index (χ4n) is 2.66. The molecule has 3 rings (SSSR count). The van der Waals surface area contributed by atoms with Crippen LogP contribution in [-0.4, -0.2) is 59.1 Å². The van der Waals surface area contributed by atoms with Gasteiger partial charge in [0.15, 0.2) is 0 Å². The van der Waals surface area contributed by atoms with Crippen LogP contribution in [-0.2, 0) is 4.79 Å². The van der Waals surface area contributed by atoms with Gasteiger partial charge in [-0.05, 0) is 23.8 Å².